The summed E-state index contributed by atoms with van der Waals surface area (Å²) >= 11 is 0. The third kappa shape index (κ3) is 2.37. The molecule has 0 aliphatic rings. The number of nitrogens with one attached hydrogen (secondary N) is 1. The van der Waals surface area contributed by atoms with Gasteiger partial charge in [0.2, 0.25) is 0 Å². The van der Waals surface area contributed by atoms with Crippen molar-refractivity contribution < 1.29 is 4.74 Å². The van der Waals surface area contributed by atoms with Crippen molar-refractivity contribution in [1.29, 1.82) is 0 Å². The average Bonchev–Trinajstić information content (AvgIpc) is 2.18. The summed E-state index contributed by atoms with van der Waals surface area (Å²) < 4.78 is 5.41. The van der Waals surface area contributed by atoms with Gasteiger partial charge in [0, 0.05) is 7.05 Å². The maximum absolute atomic E-state index is 5.41. The lowest BCUT2D eigenvalue weighted by molar-refractivity contribution is 0.449. The van der Waals surface area contributed by atoms with Crippen molar-refractivity contribution in [3.8, 4) is 5.75 Å². The van der Waals surface area contributed by atoms with Gasteiger partial charge in [-0.25, -0.2) is 0 Å². The van der Waals surface area contributed by atoms with Crippen molar-refractivity contribution in [2.24, 2.45) is 0 Å². The highest BCUT2D eigenvalue weighted by molar-refractivity contribution is 5.56. The molecule has 1 aromatic rings. The van der Waals surface area contributed by atoms with E-state index in [1.165, 1.54) is 0 Å². The first-order valence-electron chi connectivity index (χ1n) is 4.04. The molecule has 0 saturated carbocycles. The van der Waals surface area contributed by atoms with Gasteiger partial charge in [-0.3, -0.25) is 0 Å². The summed E-state index contributed by atoms with van der Waals surface area (Å²) in [5.74, 6) is 1.30. The molecule has 0 amide bonds. The Balaban J connectivity index is 2.86. The molecule has 1 N–H and O–H groups in total. The minimum atomic E-state index is 0.544. The van der Waals surface area contributed by atoms with Gasteiger partial charge in [0.25, 0.3) is 0 Å². The Kier molecular flexibility index (Phi) is 3.15. The summed E-state index contributed by atoms with van der Waals surface area (Å²) in [6, 6.07) is 7.66. The Morgan fingerprint density at radius 2 is 2.15 bits per heavy atom. The van der Waals surface area contributed by atoms with Gasteiger partial charge in [-0.2, -0.15) is 0 Å². The largest absolute Gasteiger partial charge is 0.456 e. The maximum Gasteiger partial charge on any atom is 0.150 e. The van der Waals surface area contributed by atoms with E-state index in [4.69, 9.17) is 4.74 Å². The number of hydrogen-bond donors (Lipinski definition) is 1. The molecule has 0 fully saturated rings. The number of anilines is 1. The van der Waals surface area contributed by atoms with Crippen LogP contribution < -0.4 is 10.1 Å². The number of para-hydroxylation sites is 2. The van der Waals surface area contributed by atoms with E-state index in [0.717, 1.165) is 11.4 Å². The molecule has 2 nitrogen and oxygen atoms in total. The molecule has 0 aliphatic carbocycles. The number of allylic oxidation sites excluding steroid dienone is 1. The summed E-state index contributed by atoms with van der Waals surface area (Å²) in [4.78, 5) is 0. The van der Waals surface area contributed by atoms with Crippen LogP contribution in [0.5, 0.6) is 5.75 Å². The fraction of sp³-hybridized carbons (Fsp3) is 0.0909. The lowest BCUT2D eigenvalue weighted by Crippen LogP contribution is -1.95. The quantitative estimate of drug-likeness (QED) is 0.561. The highest BCUT2D eigenvalue weighted by Crippen LogP contribution is 2.24. The molecule has 0 heterocycles. The van der Waals surface area contributed by atoms with Crippen LogP contribution in [-0.4, -0.2) is 7.05 Å². The van der Waals surface area contributed by atoms with Crippen LogP contribution in [0.4, 0.5) is 5.69 Å². The fourth-order valence-corrected chi connectivity index (χ4v) is 0.945. The number of ether oxygens (including phenoxy) is 1. The Labute approximate surface area is 78.5 Å². The van der Waals surface area contributed by atoms with E-state index in [2.05, 4.69) is 18.5 Å². The number of rotatable bonds is 4. The third-order valence-electron chi connectivity index (χ3n) is 1.63. The van der Waals surface area contributed by atoms with Gasteiger partial charge >= 0.3 is 0 Å². The van der Waals surface area contributed by atoms with Crippen LogP contribution >= 0.6 is 0 Å². The molecule has 0 atom stereocenters. The van der Waals surface area contributed by atoms with E-state index in [1.807, 2.05) is 31.3 Å². The number of benzene rings is 1. The van der Waals surface area contributed by atoms with Crippen LogP contribution in [0, 0.1) is 0 Å². The van der Waals surface area contributed by atoms with Gasteiger partial charge in [0.15, 0.2) is 0 Å². The molecule has 0 unspecified atom stereocenters. The Bertz CT molecular complexity index is 318. The first-order chi connectivity index (χ1) is 6.27. The Hall–Kier alpha value is -1.70. The highest BCUT2D eigenvalue weighted by Gasteiger charge is 2.00. The predicted molar refractivity (Wildman–Crippen MR) is 56.0 cm³/mol. The third-order valence-corrected chi connectivity index (χ3v) is 1.63. The summed E-state index contributed by atoms with van der Waals surface area (Å²) in [7, 11) is 1.85. The van der Waals surface area contributed by atoms with Crippen molar-refractivity contribution >= 4 is 5.69 Å². The average molecular weight is 175 g/mol. The van der Waals surface area contributed by atoms with Gasteiger partial charge in [-0.05, 0) is 18.2 Å². The lowest BCUT2D eigenvalue weighted by atomic mass is 10.3. The molecule has 1 rings (SSSR count). The molecule has 68 valence electrons. The molecule has 0 saturated heterocycles. The van der Waals surface area contributed by atoms with E-state index < -0.39 is 0 Å². The van der Waals surface area contributed by atoms with Gasteiger partial charge in [-0.1, -0.05) is 25.3 Å². The van der Waals surface area contributed by atoms with Crippen molar-refractivity contribution in [1.82, 2.24) is 0 Å². The normalized spacial score (nSPS) is 9.00. The lowest BCUT2D eigenvalue weighted by Gasteiger charge is -2.09. The van der Waals surface area contributed by atoms with Crippen molar-refractivity contribution in [3.05, 3.63) is 49.3 Å². The zero-order valence-electron chi connectivity index (χ0n) is 7.71. The Morgan fingerprint density at radius 3 is 2.77 bits per heavy atom. The van der Waals surface area contributed by atoms with Crippen LogP contribution in [-0.2, 0) is 0 Å². The van der Waals surface area contributed by atoms with Gasteiger partial charge < -0.3 is 10.1 Å². The smallest absolute Gasteiger partial charge is 0.150 e. The summed E-state index contributed by atoms with van der Waals surface area (Å²) in [5.41, 5.74) is 0.936. The van der Waals surface area contributed by atoms with E-state index >= 15 is 0 Å². The molecule has 2 heteroatoms. The molecular formula is C11H13NO. The summed E-state index contributed by atoms with van der Waals surface area (Å²) in [6.45, 7) is 7.24. The first kappa shape index (κ1) is 9.39. The maximum atomic E-state index is 5.41. The molecule has 0 radical (unpaired) electrons. The molecule has 0 spiro atoms. The zero-order valence-corrected chi connectivity index (χ0v) is 7.71. The molecule has 0 aromatic heterocycles. The van der Waals surface area contributed by atoms with Crippen LogP contribution in [0.25, 0.3) is 0 Å². The van der Waals surface area contributed by atoms with Crippen LogP contribution in [0.3, 0.4) is 0 Å². The second kappa shape index (κ2) is 4.36. The highest BCUT2D eigenvalue weighted by atomic mass is 16.5. The van der Waals surface area contributed by atoms with Crippen LogP contribution in [0.1, 0.15) is 0 Å². The second-order valence-electron chi connectivity index (χ2n) is 2.52. The molecule has 0 aliphatic heterocycles. The topological polar surface area (TPSA) is 21.3 Å². The summed E-state index contributed by atoms with van der Waals surface area (Å²) in [5, 5.41) is 3.02. The SMILES string of the molecule is C=CC(=C)Oc1ccccc1NC. The van der Waals surface area contributed by atoms with Gasteiger partial charge in [-0.15, -0.1) is 0 Å². The number of hydrogen-bond acceptors (Lipinski definition) is 2. The standard InChI is InChI=1S/C11H13NO/c1-4-9(2)13-11-8-6-5-7-10(11)12-3/h4-8,12H,1-2H2,3H3. The van der Waals surface area contributed by atoms with Crippen molar-refractivity contribution in [2.75, 3.05) is 12.4 Å². The molecular weight excluding hydrogens is 162 g/mol. The molecule has 1 aromatic carbocycles. The van der Waals surface area contributed by atoms with Gasteiger partial charge in [0.1, 0.15) is 11.5 Å². The monoisotopic (exact) mass is 175 g/mol. The van der Waals surface area contributed by atoms with Crippen LogP contribution in [0.2, 0.25) is 0 Å². The fourth-order valence-electron chi connectivity index (χ4n) is 0.945. The second-order valence-corrected chi connectivity index (χ2v) is 2.52. The van der Waals surface area contributed by atoms with E-state index in [1.54, 1.807) is 6.08 Å². The zero-order chi connectivity index (χ0) is 9.68. The van der Waals surface area contributed by atoms with Crippen LogP contribution in [0.15, 0.2) is 49.3 Å². The van der Waals surface area contributed by atoms with E-state index in [-0.39, 0.29) is 0 Å². The Morgan fingerprint density at radius 1 is 1.46 bits per heavy atom. The van der Waals surface area contributed by atoms with E-state index in [0.29, 0.717) is 5.76 Å². The van der Waals surface area contributed by atoms with E-state index in [9.17, 15) is 0 Å². The summed E-state index contributed by atoms with van der Waals surface area (Å²) in [6.07, 6.45) is 1.58. The first-order valence-corrected chi connectivity index (χ1v) is 4.04. The van der Waals surface area contributed by atoms with Gasteiger partial charge in [0.05, 0.1) is 5.69 Å². The molecule has 0 bridgehead atoms. The molecule has 13 heavy (non-hydrogen) atoms. The minimum absolute atomic E-state index is 0.544. The van der Waals surface area contributed by atoms with Crippen molar-refractivity contribution in [2.45, 2.75) is 0 Å². The van der Waals surface area contributed by atoms with Crippen molar-refractivity contribution in [3.63, 3.8) is 0 Å². The predicted octanol–water partition coefficient (Wildman–Crippen LogP) is 2.81. The minimum Gasteiger partial charge on any atom is -0.456 e.